The van der Waals surface area contributed by atoms with Gasteiger partial charge in [0.05, 0.1) is 11.1 Å². The third-order valence-corrected chi connectivity index (χ3v) is 9.97. The Morgan fingerprint density at radius 3 is 2.56 bits per heavy atom. The van der Waals surface area contributed by atoms with E-state index in [-0.39, 0.29) is 17.4 Å². The number of carbonyl (C=O) groups is 1. The second-order valence-electron chi connectivity index (χ2n) is 8.83. The Morgan fingerprint density at radius 2 is 1.88 bits per heavy atom. The van der Waals surface area contributed by atoms with E-state index in [2.05, 4.69) is 10.2 Å². The summed E-state index contributed by atoms with van der Waals surface area (Å²) in [6.07, 6.45) is 4.28. The summed E-state index contributed by atoms with van der Waals surface area (Å²) in [5.41, 5.74) is 1.28. The van der Waals surface area contributed by atoms with Crippen LogP contribution in [0, 0.1) is 11.7 Å². The van der Waals surface area contributed by atoms with Crippen LogP contribution in [0.1, 0.15) is 30.5 Å². The van der Waals surface area contributed by atoms with Crippen LogP contribution in [0.5, 0.6) is 0 Å². The molecule has 5 rings (SSSR count). The molecule has 3 aromatic rings. The fourth-order valence-electron chi connectivity index (χ4n) is 4.66. The van der Waals surface area contributed by atoms with E-state index in [0.29, 0.717) is 48.2 Å². The Labute approximate surface area is 185 Å². The predicted molar refractivity (Wildman–Crippen MR) is 124 cm³/mol. The van der Waals surface area contributed by atoms with Gasteiger partial charge >= 0.3 is 0 Å². The van der Waals surface area contributed by atoms with Gasteiger partial charge in [-0.1, -0.05) is 30.7 Å². The lowest BCUT2D eigenvalue weighted by Crippen LogP contribution is -2.46. The van der Waals surface area contributed by atoms with E-state index >= 15 is 0 Å². The molecule has 0 spiro atoms. The van der Waals surface area contributed by atoms with Crippen molar-refractivity contribution in [3.63, 3.8) is 0 Å². The van der Waals surface area contributed by atoms with Crippen LogP contribution in [0.2, 0.25) is 0 Å². The molecule has 2 fully saturated rings. The van der Waals surface area contributed by atoms with Crippen LogP contribution < -0.4 is 10.9 Å². The van der Waals surface area contributed by atoms with Crippen molar-refractivity contribution >= 4 is 29.5 Å². The Kier molecular flexibility index (Phi) is 5.56. The summed E-state index contributed by atoms with van der Waals surface area (Å²) in [7, 11) is -2.69. The van der Waals surface area contributed by atoms with Crippen LogP contribution in [-0.4, -0.2) is 51.3 Å². The lowest BCUT2D eigenvalue weighted by Gasteiger charge is -2.42. The van der Waals surface area contributed by atoms with E-state index in [1.54, 1.807) is 24.3 Å². The van der Waals surface area contributed by atoms with Crippen LogP contribution >= 0.6 is 7.49 Å². The van der Waals surface area contributed by atoms with Gasteiger partial charge in [-0.25, -0.2) is 9.49 Å². The van der Waals surface area contributed by atoms with Gasteiger partial charge in [-0.2, -0.15) is 5.10 Å². The molecule has 6 nitrogen and oxygen atoms in total. The molecular weight excluding hydrogens is 428 g/mol. The Balaban J connectivity index is 1.38. The predicted octanol–water partition coefficient (Wildman–Crippen LogP) is 2.85. The molecule has 1 saturated heterocycles. The molecule has 167 valence electrons. The molecule has 32 heavy (non-hydrogen) atoms. The summed E-state index contributed by atoms with van der Waals surface area (Å²) in [6.45, 7) is 0.963. The van der Waals surface area contributed by atoms with Crippen molar-refractivity contribution in [2.45, 2.75) is 25.7 Å². The van der Waals surface area contributed by atoms with E-state index < -0.39 is 13.3 Å². The summed E-state index contributed by atoms with van der Waals surface area (Å²) in [5.74, 6) is -0.0744. The molecule has 1 aliphatic carbocycles. The smallest absolute Gasteiger partial charge is 0.272 e. The number of rotatable bonds is 4. The minimum absolute atomic E-state index is 0.138. The molecule has 2 aliphatic rings. The second kappa shape index (κ2) is 8.38. The number of halogens is 1. The van der Waals surface area contributed by atoms with Crippen molar-refractivity contribution in [1.29, 1.82) is 0 Å². The molecule has 2 aromatic carbocycles. The number of benzene rings is 2. The zero-order valence-corrected chi connectivity index (χ0v) is 18.7. The van der Waals surface area contributed by atoms with Gasteiger partial charge in [-0.05, 0) is 36.6 Å². The monoisotopic (exact) mass is 454 g/mol. The second-order valence-corrected chi connectivity index (χ2v) is 12.1. The Bertz CT molecular complexity index is 1230. The number of aromatic amines is 1. The fraction of sp³-hybridized carbons (Fsp3) is 0.375. The Morgan fingerprint density at radius 1 is 1.16 bits per heavy atom. The number of hydrogen-bond donors (Lipinski definition) is 2. The SMILES string of the molecule is O=C(C1CCC1)N1CC[P](O)(c2cc(Cc3n[nH]c(=O)c4ccccc34)ccc2F)CC1. The first kappa shape index (κ1) is 21.2. The number of amides is 1. The molecule has 2 N–H and O–H groups in total. The van der Waals surface area contributed by atoms with Crippen molar-refractivity contribution in [2.75, 3.05) is 25.4 Å². The zero-order chi connectivity index (χ0) is 22.3. The standard InChI is InChI=1S/C24H26FN3O3P/c25-20-9-8-16(14-21-18-6-1-2-7-19(18)23(29)27-26-21)15-22(20)32(31)12-10-28(11-13-32)24(30)17-4-3-5-17/h1-2,6-9,15,17,31H,3-5,10-14H2,(H,27,29). The van der Waals surface area contributed by atoms with E-state index in [9.17, 15) is 18.9 Å². The van der Waals surface area contributed by atoms with Crippen LogP contribution in [0.3, 0.4) is 0 Å². The van der Waals surface area contributed by atoms with Gasteiger partial charge in [-0.15, -0.1) is 0 Å². The van der Waals surface area contributed by atoms with Gasteiger partial charge < -0.3 is 9.79 Å². The lowest BCUT2D eigenvalue weighted by molar-refractivity contribution is -0.137. The van der Waals surface area contributed by atoms with E-state index in [0.717, 1.165) is 30.2 Å². The number of nitrogens with one attached hydrogen (secondary N) is 1. The Hall–Kier alpha value is -2.63. The molecule has 0 atom stereocenters. The summed E-state index contributed by atoms with van der Waals surface area (Å²) in [5, 5.41) is 8.45. The molecular formula is C24H26FN3O3P. The summed E-state index contributed by atoms with van der Waals surface area (Å²) >= 11 is 0. The normalized spacial score (nSPS) is 18.5. The molecule has 0 bridgehead atoms. The number of H-pyrrole nitrogens is 1. The first-order valence-electron chi connectivity index (χ1n) is 11.1. The van der Waals surface area contributed by atoms with E-state index in [4.69, 9.17) is 0 Å². The maximum Gasteiger partial charge on any atom is 0.272 e. The quantitative estimate of drug-likeness (QED) is 0.594. The van der Waals surface area contributed by atoms with Gasteiger partial charge in [0, 0.05) is 55.9 Å². The highest BCUT2D eigenvalue weighted by atomic mass is 31.2. The molecule has 8 heteroatoms. The summed E-state index contributed by atoms with van der Waals surface area (Å²) in [4.78, 5) is 37.8. The summed E-state index contributed by atoms with van der Waals surface area (Å²) < 4.78 is 14.8. The van der Waals surface area contributed by atoms with Crippen LogP contribution in [-0.2, 0) is 11.2 Å². The third-order valence-electron chi connectivity index (χ3n) is 6.85. The lowest BCUT2D eigenvalue weighted by atomic mass is 9.84. The molecule has 1 amide bonds. The van der Waals surface area contributed by atoms with Crippen LogP contribution in [0.4, 0.5) is 4.39 Å². The fourth-order valence-corrected chi connectivity index (χ4v) is 7.39. The van der Waals surface area contributed by atoms with Gasteiger partial charge in [0.2, 0.25) is 5.91 Å². The summed E-state index contributed by atoms with van der Waals surface area (Å²) in [6, 6.07) is 12.1. The van der Waals surface area contributed by atoms with E-state index in [1.807, 2.05) is 17.0 Å². The number of nitrogens with zero attached hydrogens (tertiary/aromatic N) is 2. The number of carbonyl (C=O) groups excluding carboxylic acids is 1. The van der Waals surface area contributed by atoms with Crippen LogP contribution in [0.25, 0.3) is 10.8 Å². The highest BCUT2D eigenvalue weighted by Crippen LogP contribution is 2.55. The molecule has 1 aromatic heterocycles. The largest absolute Gasteiger partial charge is 0.375 e. The average Bonchev–Trinajstić information content (AvgIpc) is 2.76. The van der Waals surface area contributed by atoms with Gasteiger partial charge in [-0.3, -0.25) is 9.59 Å². The molecule has 1 saturated carbocycles. The van der Waals surface area contributed by atoms with Crippen molar-refractivity contribution in [3.05, 3.63) is 69.9 Å². The highest BCUT2D eigenvalue weighted by molar-refractivity contribution is 7.77. The highest BCUT2D eigenvalue weighted by Gasteiger charge is 2.38. The van der Waals surface area contributed by atoms with Crippen molar-refractivity contribution in [3.8, 4) is 0 Å². The van der Waals surface area contributed by atoms with Crippen molar-refractivity contribution in [2.24, 2.45) is 5.92 Å². The van der Waals surface area contributed by atoms with Crippen LogP contribution in [0.15, 0.2) is 47.3 Å². The third kappa shape index (κ3) is 3.84. The molecule has 0 unspecified atom stereocenters. The maximum absolute atomic E-state index is 14.8. The van der Waals surface area contributed by atoms with Gasteiger partial charge in [0.1, 0.15) is 5.82 Å². The number of aromatic nitrogens is 2. The van der Waals surface area contributed by atoms with Crippen molar-refractivity contribution < 1.29 is 14.1 Å². The molecule has 1 aliphatic heterocycles. The minimum atomic E-state index is -2.69. The number of hydrogen-bond acceptors (Lipinski definition) is 4. The molecule has 2 heterocycles. The zero-order valence-electron chi connectivity index (χ0n) is 17.8. The van der Waals surface area contributed by atoms with Gasteiger partial charge in [0.15, 0.2) is 0 Å². The molecule has 1 radical (unpaired) electrons. The number of fused-ring (bicyclic) bond motifs is 1. The van der Waals surface area contributed by atoms with Crippen molar-refractivity contribution in [1.82, 2.24) is 15.1 Å². The maximum atomic E-state index is 14.8. The topological polar surface area (TPSA) is 86.3 Å². The first-order chi connectivity index (χ1) is 15.4. The minimum Gasteiger partial charge on any atom is -0.375 e. The van der Waals surface area contributed by atoms with E-state index in [1.165, 1.54) is 6.07 Å². The van der Waals surface area contributed by atoms with Gasteiger partial charge in [0.25, 0.3) is 5.56 Å². The average molecular weight is 454 g/mol. The first-order valence-corrected chi connectivity index (χ1v) is 13.2.